The van der Waals surface area contributed by atoms with Gasteiger partial charge in [-0.25, -0.2) is 4.98 Å². The lowest BCUT2D eigenvalue weighted by atomic mass is 10.0. The maximum absolute atomic E-state index is 13.1. The summed E-state index contributed by atoms with van der Waals surface area (Å²) in [5, 5.41) is 2.75. The molecular formula is C20H23N3O4. The Morgan fingerprint density at radius 2 is 2.15 bits per heavy atom. The minimum atomic E-state index is -1.69. The number of unbranched alkanes of at least 4 members (excludes halogenated alkanes) is 1. The van der Waals surface area contributed by atoms with Crippen LogP contribution in [0.3, 0.4) is 0 Å². The summed E-state index contributed by atoms with van der Waals surface area (Å²) in [6.07, 6.45) is 3.32. The molecule has 142 valence electrons. The molecule has 0 saturated carbocycles. The van der Waals surface area contributed by atoms with E-state index in [1.54, 1.807) is 49.7 Å². The topological polar surface area (TPSA) is 80.8 Å². The predicted molar refractivity (Wildman–Crippen MR) is 102 cm³/mol. The molecule has 1 N–H and O–H groups in total. The van der Waals surface area contributed by atoms with E-state index < -0.39 is 17.4 Å². The molecule has 1 aliphatic heterocycles. The van der Waals surface area contributed by atoms with Crippen molar-refractivity contribution in [3.05, 3.63) is 42.6 Å². The molecule has 1 aliphatic rings. The Morgan fingerprint density at radius 1 is 1.33 bits per heavy atom. The number of pyridine rings is 1. The van der Waals surface area contributed by atoms with Crippen LogP contribution in [-0.4, -0.2) is 36.1 Å². The first-order valence-electron chi connectivity index (χ1n) is 8.91. The van der Waals surface area contributed by atoms with Crippen molar-refractivity contribution in [2.45, 2.75) is 32.3 Å². The lowest BCUT2D eigenvalue weighted by Crippen LogP contribution is -2.61. The highest BCUT2D eigenvalue weighted by Crippen LogP contribution is 2.36. The van der Waals surface area contributed by atoms with Gasteiger partial charge in [0.15, 0.2) is 11.6 Å². The first kappa shape index (κ1) is 18.7. The van der Waals surface area contributed by atoms with Crippen LogP contribution in [0.4, 0.5) is 11.5 Å². The van der Waals surface area contributed by atoms with Crippen LogP contribution in [0.5, 0.6) is 11.5 Å². The van der Waals surface area contributed by atoms with Crippen molar-refractivity contribution in [3.8, 4) is 11.5 Å². The molecule has 0 spiro atoms. The Morgan fingerprint density at radius 3 is 2.89 bits per heavy atom. The molecule has 2 aromatic rings. The Kier molecular flexibility index (Phi) is 5.30. The number of ether oxygens (including phenoxy) is 2. The number of fused-ring (bicyclic) bond motifs is 1. The predicted octanol–water partition coefficient (Wildman–Crippen LogP) is 3.01. The zero-order valence-electron chi connectivity index (χ0n) is 15.7. The van der Waals surface area contributed by atoms with Crippen LogP contribution in [0.15, 0.2) is 42.6 Å². The number of aromatic nitrogens is 1. The number of benzene rings is 1. The fourth-order valence-corrected chi connectivity index (χ4v) is 2.90. The van der Waals surface area contributed by atoms with Crippen molar-refractivity contribution >= 4 is 23.3 Å². The molecular weight excluding hydrogens is 346 g/mol. The number of carbonyl (C=O) groups excluding carboxylic acids is 2. The number of nitrogens with one attached hydrogen (secondary N) is 1. The third kappa shape index (κ3) is 3.58. The summed E-state index contributed by atoms with van der Waals surface area (Å²) in [7, 11) is 1.55. The van der Waals surface area contributed by atoms with Crippen molar-refractivity contribution in [2.75, 3.05) is 23.9 Å². The van der Waals surface area contributed by atoms with E-state index in [1.807, 2.05) is 6.92 Å². The maximum atomic E-state index is 13.1. The molecule has 0 bridgehead atoms. The molecule has 1 aromatic heterocycles. The van der Waals surface area contributed by atoms with Crippen molar-refractivity contribution in [1.29, 1.82) is 0 Å². The minimum absolute atomic E-state index is 0.413. The lowest BCUT2D eigenvalue weighted by Gasteiger charge is -2.38. The highest BCUT2D eigenvalue weighted by molar-refractivity contribution is 6.19. The molecule has 1 aromatic carbocycles. The molecule has 2 heterocycles. The number of nitrogens with zero attached hydrogens (tertiary/aromatic N) is 2. The lowest BCUT2D eigenvalue weighted by molar-refractivity contribution is -0.145. The monoisotopic (exact) mass is 369 g/mol. The highest BCUT2D eigenvalue weighted by atomic mass is 16.5. The summed E-state index contributed by atoms with van der Waals surface area (Å²) >= 11 is 0. The molecule has 2 amide bonds. The van der Waals surface area contributed by atoms with Gasteiger partial charge in [-0.1, -0.05) is 19.4 Å². The van der Waals surface area contributed by atoms with Gasteiger partial charge >= 0.3 is 0 Å². The van der Waals surface area contributed by atoms with E-state index in [2.05, 4.69) is 10.3 Å². The Balaban J connectivity index is 1.91. The van der Waals surface area contributed by atoms with E-state index in [9.17, 15) is 9.59 Å². The Labute approximate surface area is 158 Å². The van der Waals surface area contributed by atoms with Gasteiger partial charge in [0.2, 0.25) is 0 Å². The molecule has 0 saturated heterocycles. The van der Waals surface area contributed by atoms with Gasteiger partial charge in [0.05, 0.1) is 7.11 Å². The van der Waals surface area contributed by atoms with Crippen LogP contribution in [0.2, 0.25) is 0 Å². The van der Waals surface area contributed by atoms with Gasteiger partial charge in [-0.2, -0.15) is 0 Å². The molecule has 0 fully saturated rings. The van der Waals surface area contributed by atoms with Gasteiger partial charge in [-0.15, -0.1) is 0 Å². The average molecular weight is 369 g/mol. The average Bonchev–Trinajstić information content (AvgIpc) is 2.68. The molecule has 7 heteroatoms. The molecule has 3 rings (SSSR count). The van der Waals surface area contributed by atoms with E-state index >= 15 is 0 Å². The molecule has 27 heavy (non-hydrogen) atoms. The van der Waals surface area contributed by atoms with Crippen LogP contribution < -0.4 is 19.7 Å². The van der Waals surface area contributed by atoms with Crippen LogP contribution >= 0.6 is 0 Å². The van der Waals surface area contributed by atoms with Crippen molar-refractivity contribution in [2.24, 2.45) is 0 Å². The highest BCUT2D eigenvalue weighted by Gasteiger charge is 2.51. The maximum Gasteiger partial charge on any atom is 0.282 e. The molecule has 0 radical (unpaired) electrons. The van der Waals surface area contributed by atoms with E-state index in [0.29, 0.717) is 29.5 Å². The van der Waals surface area contributed by atoms with E-state index in [4.69, 9.17) is 9.47 Å². The zero-order chi connectivity index (χ0) is 19.4. The Bertz CT molecular complexity index is 855. The minimum Gasteiger partial charge on any atom is -0.497 e. The SMILES string of the molecule is CCCCN1C(=O)[C@](C)(C(=O)Nc2cccc(OC)c2)Oc2cccnc21. The number of hydrogen-bond acceptors (Lipinski definition) is 5. The standard InChI is InChI=1S/C20H23N3O4/c1-4-5-12-23-17-16(10-7-11-21-17)27-20(2,19(23)25)18(24)22-14-8-6-9-15(13-14)26-3/h6-11,13H,4-5,12H2,1-3H3,(H,22,24)/t20-/m0/s1. The number of hydrogen-bond donors (Lipinski definition) is 1. The summed E-state index contributed by atoms with van der Waals surface area (Å²) in [5.41, 5.74) is -1.17. The number of amides is 2. The van der Waals surface area contributed by atoms with E-state index in [-0.39, 0.29) is 0 Å². The number of rotatable bonds is 6. The molecule has 0 unspecified atom stereocenters. The fourth-order valence-electron chi connectivity index (χ4n) is 2.90. The first-order chi connectivity index (χ1) is 13.0. The van der Waals surface area contributed by atoms with E-state index in [0.717, 1.165) is 12.8 Å². The van der Waals surface area contributed by atoms with Crippen LogP contribution in [0.1, 0.15) is 26.7 Å². The molecule has 0 aliphatic carbocycles. The summed E-state index contributed by atoms with van der Waals surface area (Å²) < 4.78 is 11.0. The second-order valence-electron chi connectivity index (χ2n) is 6.46. The third-order valence-corrected chi connectivity index (χ3v) is 4.47. The summed E-state index contributed by atoms with van der Waals surface area (Å²) in [4.78, 5) is 31.9. The van der Waals surface area contributed by atoms with Crippen molar-refractivity contribution < 1.29 is 19.1 Å². The second-order valence-corrected chi connectivity index (χ2v) is 6.46. The van der Waals surface area contributed by atoms with E-state index in [1.165, 1.54) is 11.8 Å². The number of methoxy groups -OCH3 is 1. The van der Waals surface area contributed by atoms with Crippen LogP contribution in [-0.2, 0) is 9.59 Å². The number of carbonyl (C=O) groups is 2. The van der Waals surface area contributed by atoms with Gasteiger partial charge < -0.3 is 14.8 Å². The summed E-state index contributed by atoms with van der Waals surface area (Å²) in [5.74, 6) is 0.492. The van der Waals surface area contributed by atoms with Gasteiger partial charge in [0.25, 0.3) is 17.4 Å². The number of anilines is 2. The molecule has 7 nitrogen and oxygen atoms in total. The van der Waals surface area contributed by atoms with Gasteiger partial charge in [0.1, 0.15) is 5.75 Å². The zero-order valence-corrected chi connectivity index (χ0v) is 15.7. The van der Waals surface area contributed by atoms with Crippen molar-refractivity contribution in [1.82, 2.24) is 4.98 Å². The normalized spacial score (nSPS) is 18.5. The third-order valence-electron chi connectivity index (χ3n) is 4.47. The first-order valence-corrected chi connectivity index (χ1v) is 8.91. The quantitative estimate of drug-likeness (QED) is 0.792. The van der Waals surface area contributed by atoms with Gasteiger partial charge in [-0.05, 0) is 37.6 Å². The summed E-state index contributed by atoms with van der Waals surface area (Å²) in [6.45, 7) is 4.00. The summed E-state index contributed by atoms with van der Waals surface area (Å²) in [6, 6.07) is 10.4. The smallest absolute Gasteiger partial charge is 0.282 e. The van der Waals surface area contributed by atoms with Crippen LogP contribution in [0, 0.1) is 0 Å². The van der Waals surface area contributed by atoms with Crippen molar-refractivity contribution in [3.63, 3.8) is 0 Å². The Hall–Kier alpha value is -3.09. The molecule has 1 atom stereocenters. The van der Waals surface area contributed by atoms with Crippen LogP contribution in [0.25, 0.3) is 0 Å². The van der Waals surface area contributed by atoms with Gasteiger partial charge in [-0.3, -0.25) is 14.5 Å². The second kappa shape index (κ2) is 7.65. The van der Waals surface area contributed by atoms with Gasteiger partial charge in [0, 0.05) is 24.5 Å². The fraction of sp³-hybridized carbons (Fsp3) is 0.350. The largest absolute Gasteiger partial charge is 0.497 e.